The standard InChI is InChI=1S/C15H16Cl2N4O4/c1-3-18-13(24)19-11(22)7-21-12(23)15(2,20-14(21)25)9-5-4-8(16)6-10(9)17/h4-6H,3,7H2,1-2H3,(H,20,25)(H2,18,19,22,24)/t15-/m1/s1. The van der Waals surface area contributed by atoms with E-state index in [1.54, 1.807) is 6.92 Å². The van der Waals surface area contributed by atoms with Gasteiger partial charge in [0.25, 0.3) is 5.91 Å². The molecule has 1 saturated heterocycles. The Labute approximate surface area is 153 Å². The predicted octanol–water partition coefficient (Wildman–Crippen LogP) is 1.61. The van der Waals surface area contributed by atoms with Crippen molar-refractivity contribution in [1.29, 1.82) is 0 Å². The van der Waals surface area contributed by atoms with Crippen LogP contribution in [0.15, 0.2) is 18.2 Å². The highest BCUT2D eigenvalue weighted by Crippen LogP contribution is 2.34. The van der Waals surface area contributed by atoms with Crippen molar-refractivity contribution >= 4 is 47.1 Å². The molecule has 1 aromatic carbocycles. The molecule has 1 aromatic rings. The van der Waals surface area contributed by atoms with Crippen LogP contribution in [-0.2, 0) is 15.1 Å². The van der Waals surface area contributed by atoms with E-state index in [-0.39, 0.29) is 5.02 Å². The molecule has 6 amide bonds. The smallest absolute Gasteiger partial charge is 0.325 e. The van der Waals surface area contributed by atoms with Gasteiger partial charge in [-0.15, -0.1) is 0 Å². The monoisotopic (exact) mass is 386 g/mol. The lowest BCUT2D eigenvalue weighted by Gasteiger charge is -2.23. The van der Waals surface area contributed by atoms with E-state index in [4.69, 9.17) is 23.2 Å². The molecule has 1 heterocycles. The molecule has 0 saturated carbocycles. The lowest BCUT2D eigenvalue weighted by Crippen LogP contribution is -2.46. The van der Waals surface area contributed by atoms with Crippen molar-refractivity contribution in [1.82, 2.24) is 20.9 Å². The first-order chi connectivity index (χ1) is 11.7. The molecule has 0 aliphatic carbocycles. The lowest BCUT2D eigenvalue weighted by atomic mass is 9.92. The lowest BCUT2D eigenvalue weighted by molar-refractivity contribution is -0.134. The van der Waals surface area contributed by atoms with Gasteiger partial charge < -0.3 is 10.6 Å². The summed E-state index contributed by atoms with van der Waals surface area (Å²) in [5, 5.41) is 7.51. The van der Waals surface area contributed by atoms with Crippen LogP contribution < -0.4 is 16.0 Å². The summed E-state index contributed by atoms with van der Waals surface area (Å²) in [6, 6.07) is 3.06. The summed E-state index contributed by atoms with van der Waals surface area (Å²) >= 11 is 12.0. The maximum Gasteiger partial charge on any atom is 0.325 e. The minimum Gasteiger partial charge on any atom is -0.338 e. The molecule has 1 aliphatic rings. The third-order valence-corrected chi connectivity index (χ3v) is 4.18. The summed E-state index contributed by atoms with van der Waals surface area (Å²) < 4.78 is 0. The van der Waals surface area contributed by atoms with Gasteiger partial charge in [-0.05, 0) is 26.0 Å². The van der Waals surface area contributed by atoms with Crippen LogP contribution in [0.5, 0.6) is 0 Å². The molecule has 1 aliphatic heterocycles. The van der Waals surface area contributed by atoms with Gasteiger partial charge in [0.05, 0.1) is 0 Å². The molecule has 8 nitrogen and oxygen atoms in total. The second-order valence-corrected chi connectivity index (χ2v) is 6.32. The molecule has 1 fully saturated rings. The van der Waals surface area contributed by atoms with Gasteiger partial charge >= 0.3 is 12.1 Å². The van der Waals surface area contributed by atoms with Gasteiger partial charge in [0.1, 0.15) is 12.1 Å². The quantitative estimate of drug-likeness (QED) is 0.682. The highest BCUT2D eigenvalue weighted by Gasteiger charge is 2.50. The Kier molecular flexibility index (Phi) is 5.54. The number of urea groups is 2. The fourth-order valence-electron chi connectivity index (χ4n) is 2.43. The zero-order valence-corrected chi connectivity index (χ0v) is 15.0. The average Bonchev–Trinajstić information content (AvgIpc) is 2.71. The van der Waals surface area contributed by atoms with Crippen LogP contribution in [0.3, 0.4) is 0 Å². The fraction of sp³-hybridized carbons (Fsp3) is 0.333. The van der Waals surface area contributed by atoms with Crippen molar-refractivity contribution < 1.29 is 19.2 Å². The van der Waals surface area contributed by atoms with E-state index in [1.807, 2.05) is 5.32 Å². The second-order valence-electron chi connectivity index (χ2n) is 5.48. The number of benzene rings is 1. The molecule has 0 unspecified atom stereocenters. The van der Waals surface area contributed by atoms with E-state index in [2.05, 4.69) is 10.6 Å². The number of halogens is 2. The largest absolute Gasteiger partial charge is 0.338 e. The molecule has 134 valence electrons. The van der Waals surface area contributed by atoms with Gasteiger partial charge in [-0.1, -0.05) is 29.3 Å². The SMILES string of the molecule is CCNC(=O)NC(=O)CN1C(=O)N[C@](C)(c2ccc(Cl)cc2Cl)C1=O. The molecular weight excluding hydrogens is 371 g/mol. The molecule has 0 spiro atoms. The predicted molar refractivity (Wildman–Crippen MR) is 91.3 cm³/mol. The highest BCUT2D eigenvalue weighted by molar-refractivity contribution is 6.35. The van der Waals surface area contributed by atoms with E-state index in [0.29, 0.717) is 17.1 Å². The first kappa shape index (κ1) is 19.0. The molecule has 0 aromatic heterocycles. The Morgan fingerprint density at radius 1 is 1.28 bits per heavy atom. The second kappa shape index (κ2) is 7.28. The Morgan fingerprint density at radius 3 is 2.56 bits per heavy atom. The number of nitrogens with zero attached hydrogens (tertiary/aromatic N) is 1. The van der Waals surface area contributed by atoms with E-state index in [0.717, 1.165) is 4.90 Å². The summed E-state index contributed by atoms with van der Waals surface area (Å²) in [5.74, 6) is -1.45. The third-order valence-electron chi connectivity index (χ3n) is 3.64. The van der Waals surface area contributed by atoms with Crippen LogP contribution in [0.25, 0.3) is 0 Å². The van der Waals surface area contributed by atoms with Crippen LogP contribution in [-0.4, -0.2) is 41.9 Å². The molecule has 10 heteroatoms. The Hall–Kier alpha value is -2.32. The minimum atomic E-state index is -1.44. The summed E-state index contributed by atoms with van der Waals surface area (Å²) in [5.41, 5.74) is -1.09. The maximum atomic E-state index is 12.7. The van der Waals surface area contributed by atoms with Crippen molar-refractivity contribution in [2.75, 3.05) is 13.1 Å². The first-order valence-electron chi connectivity index (χ1n) is 7.36. The van der Waals surface area contributed by atoms with Crippen LogP contribution in [0.2, 0.25) is 10.0 Å². The topological polar surface area (TPSA) is 108 Å². The highest BCUT2D eigenvalue weighted by atomic mass is 35.5. The fourth-order valence-corrected chi connectivity index (χ4v) is 3.03. The Morgan fingerprint density at radius 2 is 1.96 bits per heavy atom. The van der Waals surface area contributed by atoms with Crippen molar-refractivity contribution in [2.45, 2.75) is 19.4 Å². The summed E-state index contributed by atoms with van der Waals surface area (Å²) in [4.78, 5) is 48.7. The average molecular weight is 387 g/mol. The summed E-state index contributed by atoms with van der Waals surface area (Å²) in [6.45, 7) is 2.89. The van der Waals surface area contributed by atoms with Crippen molar-refractivity contribution in [3.05, 3.63) is 33.8 Å². The van der Waals surface area contributed by atoms with Crippen molar-refractivity contribution in [2.24, 2.45) is 0 Å². The van der Waals surface area contributed by atoms with E-state index in [9.17, 15) is 19.2 Å². The summed E-state index contributed by atoms with van der Waals surface area (Å²) in [7, 11) is 0. The number of amides is 6. The first-order valence-corrected chi connectivity index (χ1v) is 8.12. The number of imide groups is 2. The van der Waals surface area contributed by atoms with Crippen LogP contribution in [0.4, 0.5) is 9.59 Å². The zero-order valence-electron chi connectivity index (χ0n) is 13.5. The van der Waals surface area contributed by atoms with Gasteiger partial charge in [0.15, 0.2) is 0 Å². The van der Waals surface area contributed by atoms with E-state index in [1.165, 1.54) is 25.1 Å². The number of carbonyl (C=O) groups excluding carboxylic acids is 4. The third kappa shape index (κ3) is 3.85. The number of hydrogen-bond donors (Lipinski definition) is 3. The molecule has 3 N–H and O–H groups in total. The van der Waals surface area contributed by atoms with Gasteiger partial charge in [-0.3, -0.25) is 19.8 Å². The molecular formula is C15H16Cl2N4O4. The van der Waals surface area contributed by atoms with Crippen molar-refractivity contribution in [3.63, 3.8) is 0 Å². The normalized spacial score (nSPS) is 19.6. The molecule has 25 heavy (non-hydrogen) atoms. The van der Waals surface area contributed by atoms with Crippen LogP contribution in [0, 0.1) is 0 Å². The summed E-state index contributed by atoms with van der Waals surface area (Å²) in [6.07, 6.45) is 0. The van der Waals surface area contributed by atoms with E-state index < -0.39 is 36.0 Å². The van der Waals surface area contributed by atoms with Gasteiger partial charge in [0, 0.05) is 22.2 Å². The maximum absolute atomic E-state index is 12.7. The number of carbonyl (C=O) groups is 4. The minimum absolute atomic E-state index is 0.206. The Balaban J connectivity index is 2.19. The van der Waals surface area contributed by atoms with Crippen molar-refractivity contribution in [3.8, 4) is 0 Å². The Bertz CT molecular complexity index is 755. The van der Waals surface area contributed by atoms with E-state index >= 15 is 0 Å². The molecule has 0 radical (unpaired) electrons. The van der Waals surface area contributed by atoms with Gasteiger partial charge in [-0.25, -0.2) is 9.59 Å². The number of rotatable bonds is 4. The molecule has 1 atom stereocenters. The zero-order chi connectivity index (χ0) is 18.8. The van der Waals surface area contributed by atoms with Gasteiger partial charge in [-0.2, -0.15) is 0 Å². The molecule has 2 rings (SSSR count). The number of hydrogen-bond acceptors (Lipinski definition) is 4. The van der Waals surface area contributed by atoms with Crippen LogP contribution in [0.1, 0.15) is 19.4 Å². The van der Waals surface area contributed by atoms with Gasteiger partial charge in [0.2, 0.25) is 5.91 Å². The number of nitrogens with one attached hydrogen (secondary N) is 3. The molecule has 0 bridgehead atoms. The van der Waals surface area contributed by atoms with Crippen LogP contribution >= 0.6 is 23.2 Å².